The van der Waals surface area contributed by atoms with Gasteiger partial charge in [-0.05, 0) is 52.2 Å². The van der Waals surface area contributed by atoms with Gasteiger partial charge >= 0.3 is 0 Å². The minimum atomic E-state index is -0.262. The van der Waals surface area contributed by atoms with Gasteiger partial charge in [-0.2, -0.15) is 0 Å². The molecule has 0 atom stereocenters. The average Bonchev–Trinajstić information content (AvgIpc) is 2.58. The van der Waals surface area contributed by atoms with Gasteiger partial charge in [0.2, 0.25) is 0 Å². The van der Waals surface area contributed by atoms with Crippen LogP contribution in [0.15, 0.2) is 23.2 Å². The first-order valence-corrected chi connectivity index (χ1v) is 9.60. The van der Waals surface area contributed by atoms with Crippen LogP contribution in [0.2, 0.25) is 5.02 Å². The lowest BCUT2D eigenvalue weighted by Gasteiger charge is -2.35. The third kappa shape index (κ3) is 7.19. The Labute approximate surface area is 179 Å². The Morgan fingerprint density at radius 2 is 2.04 bits per heavy atom. The van der Waals surface area contributed by atoms with Gasteiger partial charge in [-0.25, -0.2) is 4.39 Å². The summed E-state index contributed by atoms with van der Waals surface area (Å²) < 4.78 is 13.8. The van der Waals surface area contributed by atoms with Crippen molar-refractivity contribution in [2.75, 3.05) is 26.2 Å². The third-order valence-electron chi connectivity index (χ3n) is 4.64. The molecular weight excluding hydrogens is 466 g/mol. The maximum Gasteiger partial charge on any atom is 0.191 e. The van der Waals surface area contributed by atoms with E-state index in [0.29, 0.717) is 35.6 Å². The van der Waals surface area contributed by atoms with Crippen molar-refractivity contribution < 1.29 is 4.39 Å². The lowest BCUT2D eigenvalue weighted by atomic mass is 10.0. The molecule has 0 saturated carbocycles. The second-order valence-corrected chi connectivity index (χ2v) is 7.17. The van der Waals surface area contributed by atoms with Crippen molar-refractivity contribution in [2.24, 2.45) is 4.99 Å². The molecule has 0 radical (unpaired) electrons. The van der Waals surface area contributed by atoms with Crippen LogP contribution in [0.25, 0.3) is 0 Å². The number of benzene rings is 1. The third-order valence-corrected chi connectivity index (χ3v) is 4.99. The van der Waals surface area contributed by atoms with Crippen LogP contribution in [0, 0.1) is 5.82 Å². The molecule has 1 aromatic carbocycles. The lowest BCUT2D eigenvalue weighted by Crippen LogP contribution is -2.49. The number of halogens is 3. The Hall–Kier alpha value is -0.600. The number of rotatable bonds is 6. The summed E-state index contributed by atoms with van der Waals surface area (Å²) in [6, 6.07) is 5.82. The fraction of sp³-hybridized carbons (Fsp3) is 0.632. The van der Waals surface area contributed by atoms with Gasteiger partial charge in [-0.1, -0.05) is 17.7 Å². The van der Waals surface area contributed by atoms with E-state index in [2.05, 4.69) is 34.4 Å². The zero-order valence-electron chi connectivity index (χ0n) is 15.9. The SMILES string of the molecule is CCNC(=NCCc1c(F)cccc1Cl)NC1CCN(C(C)C)CC1.I. The fourth-order valence-corrected chi connectivity index (χ4v) is 3.38. The second-order valence-electron chi connectivity index (χ2n) is 6.76. The normalized spacial score (nSPS) is 16.5. The molecule has 0 spiro atoms. The molecule has 0 bridgehead atoms. The summed E-state index contributed by atoms with van der Waals surface area (Å²) in [4.78, 5) is 7.10. The smallest absolute Gasteiger partial charge is 0.191 e. The lowest BCUT2D eigenvalue weighted by molar-refractivity contribution is 0.167. The van der Waals surface area contributed by atoms with Crippen LogP contribution in [0.4, 0.5) is 4.39 Å². The first-order valence-electron chi connectivity index (χ1n) is 9.23. The van der Waals surface area contributed by atoms with Crippen LogP contribution in [0.3, 0.4) is 0 Å². The van der Waals surface area contributed by atoms with Crippen LogP contribution in [0.1, 0.15) is 39.2 Å². The van der Waals surface area contributed by atoms with Crippen molar-refractivity contribution >= 4 is 41.5 Å². The molecule has 26 heavy (non-hydrogen) atoms. The molecule has 0 unspecified atom stereocenters. The highest BCUT2D eigenvalue weighted by Gasteiger charge is 2.21. The number of nitrogens with one attached hydrogen (secondary N) is 2. The van der Waals surface area contributed by atoms with E-state index < -0.39 is 0 Å². The van der Waals surface area contributed by atoms with Crippen molar-refractivity contribution in [3.63, 3.8) is 0 Å². The molecule has 1 saturated heterocycles. The number of likely N-dealkylation sites (tertiary alicyclic amines) is 1. The van der Waals surface area contributed by atoms with Crippen LogP contribution in [-0.2, 0) is 6.42 Å². The Balaban J connectivity index is 0.00000338. The standard InChI is InChI=1S/C19H30ClFN4.HI/c1-4-22-19(24-15-9-12-25(13-10-15)14(2)3)23-11-8-16-17(20)6-5-7-18(16)21;/h5-7,14-15H,4,8-13H2,1-3H3,(H2,22,23,24);1H. The van der Waals surface area contributed by atoms with E-state index in [0.717, 1.165) is 38.4 Å². The van der Waals surface area contributed by atoms with Gasteiger partial charge < -0.3 is 15.5 Å². The number of hydrogen-bond acceptors (Lipinski definition) is 2. The van der Waals surface area contributed by atoms with E-state index in [4.69, 9.17) is 11.6 Å². The van der Waals surface area contributed by atoms with Crippen LogP contribution >= 0.6 is 35.6 Å². The fourth-order valence-electron chi connectivity index (χ4n) is 3.12. The summed E-state index contributed by atoms with van der Waals surface area (Å²) >= 11 is 6.08. The Morgan fingerprint density at radius 1 is 1.35 bits per heavy atom. The molecule has 1 aliphatic rings. The Kier molecular flexibility index (Phi) is 10.8. The van der Waals surface area contributed by atoms with E-state index in [1.165, 1.54) is 6.07 Å². The average molecular weight is 497 g/mol. The number of hydrogen-bond donors (Lipinski definition) is 2. The van der Waals surface area contributed by atoms with Crippen LogP contribution in [0.5, 0.6) is 0 Å². The summed E-state index contributed by atoms with van der Waals surface area (Å²) in [5, 5.41) is 7.26. The zero-order valence-corrected chi connectivity index (χ0v) is 19.0. The minimum absolute atomic E-state index is 0. The number of guanidine groups is 1. The van der Waals surface area contributed by atoms with Crippen molar-refractivity contribution in [3.8, 4) is 0 Å². The molecule has 4 nitrogen and oxygen atoms in total. The predicted octanol–water partition coefficient (Wildman–Crippen LogP) is 4.07. The molecular formula is C19H31ClFIN4. The molecule has 1 aromatic rings. The molecule has 1 aliphatic heterocycles. The minimum Gasteiger partial charge on any atom is -0.357 e. The maximum absolute atomic E-state index is 13.8. The number of nitrogens with zero attached hydrogens (tertiary/aromatic N) is 2. The van der Waals surface area contributed by atoms with Gasteiger partial charge in [-0.15, -0.1) is 24.0 Å². The maximum atomic E-state index is 13.8. The van der Waals surface area contributed by atoms with Crippen LogP contribution < -0.4 is 10.6 Å². The van der Waals surface area contributed by atoms with E-state index >= 15 is 0 Å². The largest absolute Gasteiger partial charge is 0.357 e. The Morgan fingerprint density at radius 3 is 2.62 bits per heavy atom. The van der Waals surface area contributed by atoms with Crippen molar-refractivity contribution in [3.05, 3.63) is 34.6 Å². The van der Waals surface area contributed by atoms with Crippen LogP contribution in [-0.4, -0.2) is 49.1 Å². The summed E-state index contributed by atoms with van der Waals surface area (Å²) in [7, 11) is 0. The highest BCUT2D eigenvalue weighted by atomic mass is 127. The first kappa shape index (κ1) is 23.4. The monoisotopic (exact) mass is 496 g/mol. The number of aliphatic imine (C=N–C) groups is 1. The molecule has 7 heteroatoms. The molecule has 1 heterocycles. The zero-order chi connectivity index (χ0) is 18.2. The highest BCUT2D eigenvalue weighted by molar-refractivity contribution is 14.0. The van der Waals surface area contributed by atoms with Crippen molar-refractivity contribution in [2.45, 2.75) is 52.1 Å². The summed E-state index contributed by atoms with van der Waals surface area (Å²) in [6.45, 7) is 10.1. The molecule has 0 amide bonds. The molecule has 0 aromatic heterocycles. The van der Waals surface area contributed by atoms with Crippen molar-refractivity contribution in [1.82, 2.24) is 15.5 Å². The molecule has 2 N–H and O–H groups in total. The molecule has 2 rings (SSSR count). The Bertz CT molecular complexity index is 554. The second kappa shape index (κ2) is 12.0. The van der Waals surface area contributed by atoms with Gasteiger partial charge in [0.1, 0.15) is 5.82 Å². The van der Waals surface area contributed by atoms with E-state index in [1.807, 2.05) is 6.92 Å². The highest BCUT2D eigenvalue weighted by Crippen LogP contribution is 2.19. The van der Waals surface area contributed by atoms with Gasteiger partial charge in [0.15, 0.2) is 5.96 Å². The molecule has 0 aliphatic carbocycles. The topological polar surface area (TPSA) is 39.7 Å². The van der Waals surface area contributed by atoms with E-state index in [-0.39, 0.29) is 29.8 Å². The van der Waals surface area contributed by atoms with E-state index in [9.17, 15) is 4.39 Å². The predicted molar refractivity (Wildman–Crippen MR) is 119 cm³/mol. The number of piperidine rings is 1. The molecule has 1 fully saturated rings. The quantitative estimate of drug-likeness (QED) is 0.354. The van der Waals surface area contributed by atoms with Crippen molar-refractivity contribution in [1.29, 1.82) is 0 Å². The van der Waals surface area contributed by atoms with Gasteiger partial charge in [0, 0.05) is 48.8 Å². The van der Waals surface area contributed by atoms with Gasteiger partial charge in [0.05, 0.1) is 0 Å². The first-order chi connectivity index (χ1) is 12.0. The summed E-state index contributed by atoms with van der Waals surface area (Å²) in [5.74, 6) is 0.541. The summed E-state index contributed by atoms with van der Waals surface area (Å²) in [6.07, 6.45) is 2.72. The van der Waals surface area contributed by atoms with Gasteiger partial charge in [0.25, 0.3) is 0 Å². The van der Waals surface area contributed by atoms with Gasteiger partial charge in [-0.3, -0.25) is 4.99 Å². The molecule has 148 valence electrons. The van der Waals surface area contributed by atoms with E-state index in [1.54, 1.807) is 12.1 Å². The summed E-state index contributed by atoms with van der Waals surface area (Å²) in [5.41, 5.74) is 0.536.